The molecule has 0 aliphatic carbocycles. The highest BCUT2D eigenvalue weighted by atomic mass is 31.0. The van der Waals surface area contributed by atoms with E-state index < -0.39 is 5.06 Å². The van der Waals surface area contributed by atoms with Crippen LogP contribution in [0.3, 0.4) is 0 Å². The number of carbonyl (C=O) groups excluding carboxylic acids is 1. The summed E-state index contributed by atoms with van der Waals surface area (Å²) in [5.74, 6) is 3.15. The van der Waals surface area contributed by atoms with E-state index in [0.717, 1.165) is 16.8 Å². The van der Waals surface area contributed by atoms with Gasteiger partial charge in [0.2, 0.25) is 0 Å². The van der Waals surface area contributed by atoms with Crippen LogP contribution in [-0.2, 0) is 5.54 Å². The molecule has 1 fully saturated rings. The van der Waals surface area contributed by atoms with Gasteiger partial charge in [-0.2, -0.15) is 10.2 Å². The molecule has 0 saturated carbocycles. The molecule has 0 bridgehead atoms. The lowest BCUT2D eigenvalue weighted by Gasteiger charge is -2.49. The number of hydrogen-bond donors (Lipinski definition) is 2. The summed E-state index contributed by atoms with van der Waals surface area (Å²) in [5.41, 5.74) is 2.89. The SMILES string of the molecule is [B]C(C)(P)C(C)NC(=O)c1cnc(N2CC(CC#C)(n3cc(-c4cn[nH]c4C)cn3)C2)cn1. The smallest absolute Gasteiger partial charge is 0.271 e. The van der Waals surface area contributed by atoms with Gasteiger partial charge in [0, 0.05) is 48.6 Å². The number of nitrogens with zero attached hydrogens (tertiary/aromatic N) is 6. The van der Waals surface area contributed by atoms with Crippen molar-refractivity contribution in [1.82, 2.24) is 35.3 Å². The van der Waals surface area contributed by atoms with E-state index in [9.17, 15) is 4.79 Å². The van der Waals surface area contributed by atoms with E-state index in [2.05, 4.69) is 50.6 Å². The Morgan fingerprint density at radius 1 is 1.39 bits per heavy atom. The van der Waals surface area contributed by atoms with Gasteiger partial charge in [-0.3, -0.25) is 14.6 Å². The molecule has 3 aromatic heterocycles. The number of H-pyrrole nitrogens is 1. The molecule has 168 valence electrons. The minimum absolute atomic E-state index is 0.238. The Balaban J connectivity index is 1.45. The molecule has 1 amide bonds. The number of nitrogens with one attached hydrogen (secondary N) is 2. The van der Waals surface area contributed by atoms with Crippen molar-refractivity contribution in [3.05, 3.63) is 42.4 Å². The van der Waals surface area contributed by atoms with Crippen molar-refractivity contribution in [2.24, 2.45) is 0 Å². The van der Waals surface area contributed by atoms with E-state index in [1.165, 1.54) is 6.20 Å². The van der Waals surface area contributed by atoms with Crippen molar-refractivity contribution >= 4 is 28.8 Å². The minimum atomic E-state index is -0.621. The second-order valence-electron chi connectivity index (χ2n) is 8.86. The Labute approximate surface area is 196 Å². The number of carbonyl (C=O) groups is 1. The van der Waals surface area contributed by atoms with E-state index in [0.29, 0.717) is 25.3 Å². The summed E-state index contributed by atoms with van der Waals surface area (Å²) in [4.78, 5) is 23.2. The zero-order chi connectivity index (χ0) is 23.8. The van der Waals surface area contributed by atoms with Gasteiger partial charge in [0.05, 0.1) is 32.6 Å². The lowest BCUT2D eigenvalue weighted by atomic mass is 9.82. The fraction of sp³-hybridized carbons (Fsp3) is 0.409. The second kappa shape index (κ2) is 8.64. The maximum absolute atomic E-state index is 12.4. The van der Waals surface area contributed by atoms with Crippen LogP contribution in [0.1, 0.15) is 36.5 Å². The molecule has 33 heavy (non-hydrogen) atoms. The average molecular weight is 460 g/mol. The first-order valence-corrected chi connectivity index (χ1v) is 11.2. The Bertz CT molecular complexity index is 1180. The van der Waals surface area contributed by atoms with Crippen LogP contribution >= 0.6 is 9.24 Å². The molecule has 3 aromatic rings. The van der Waals surface area contributed by atoms with E-state index in [4.69, 9.17) is 14.3 Å². The third-order valence-corrected chi connectivity index (χ3v) is 6.59. The molecule has 2 N–H and O–H groups in total. The summed E-state index contributed by atoms with van der Waals surface area (Å²) in [5, 5.41) is 13.8. The molecule has 4 rings (SSSR count). The third kappa shape index (κ3) is 4.51. The van der Waals surface area contributed by atoms with Crippen LogP contribution < -0.4 is 10.2 Å². The quantitative estimate of drug-likeness (QED) is 0.315. The Morgan fingerprint density at radius 2 is 2.15 bits per heavy atom. The number of aryl methyl sites for hydroxylation is 1. The van der Waals surface area contributed by atoms with E-state index in [-0.39, 0.29) is 23.2 Å². The first-order chi connectivity index (χ1) is 15.6. The van der Waals surface area contributed by atoms with Crippen LogP contribution in [-0.4, -0.2) is 67.9 Å². The highest BCUT2D eigenvalue weighted by Gasteiger charge is 2.45. The van der Waals surface area contributed by atoms with E-state index >= 15 is 0 Å². The highest BCUT2D eigenvalue weighted by molar-refractivity contribution is 7.22. The summed E-state index contributed by atoms with van der Waals surface area (Å²) >= 11 is 0. The molecule has 0 spiro atoms. The zero-order valence-electron chi connectivity index (χ0n) is 18.9. The van der Waals surface area contributed by atoms with Crippen LogP contribution in [0.25, 0.3) is 11.1 Å². The standard InChI is InChI=1S/C22H26BN8OP/c1-5-6-22(31-11-16(7-27-31)17-8-26-29-14(17)2)12-30(13-22)19-10-24-18(9-25-19)20(32)28-15(3)21(4,23)33/h1,7-11,15H,6,12-13,33H2,2-4H3,(H,26,29)(H,28,32). The lowest BCUT2D eigenvalue weighted by molar-refractivity contribution is 0.0932. The first kappa shape index (κ1) is 23.0. The van der Waals surface area contributed by atoms with Crippen molar-refractivity contribution in [2.45, 2.75) is 43.8 Å². The normalized spacial score (nSPS) is 17.5. The maximum atomic E-state index is 12.4. The van der Waals surface area contributed by atoms with E-state index in [1.54, 1.807) is 12.4 Å². The van der Waals surface area contributed by atoms with Crippen LogP contribution in [0, 0.1) is 19.3 Å². The maximum Gasteiger partial charge on any atom is 0.271 e. The number of amides is 1. The summed E-state index contributed by atoms with van der Waals surface area (Å²) in [6.45, 7) is 6.91. The summed E-state index contributed by atoms with van der Waals surface area (Å²) in [6, 6.07) is -0.249. The minimum Gasteiger partial charge on any atom is -0.350 e. The van der Waals surface area contributed by atoms with Crippen LogP contribution in [0.4, 0.5) is 5.82 Å². The molecule has 3 atom stereocenters. The molecule has 11 heteroatoms. The van der Waals surface area contributed by atoms with Crippen LogP contribution in [0.2, 0.25) is 0 Å². The van der Waals surface area contributed by atoms with Gasteiger partial charge >= 0.3 is 0 Å². The van der Waals surface area contributed by atoms with Gasteiger partial charge in [0.15, 0.2) is 0 Å². The Hall–Kier alpha value is -3.18. The highest BCUT2D eigenvalue weighted by Crippen LogP contribution is 2.36. The Morgan fingerprint density at radius 3 is 2.73 bits per heavy atom. The molecule has 1 saturated heterocycles. The molecule has 2 radical (unpaired) electrons. The molecule has 1 aliphatic rings. The number of aromatic nitrogens is 6. The fourth-order valence-electron chi connectivity index (χ4n) is 3.74. The number of hydrogen-bond acceptors (Lipinski definition) is 6. The van der Waals surface area contributed by atoms with Crippen molar-refractivity contribution in [3.8, 4) is 23.5 Å². The molecular formula is C22H26BN8OP. The summed E-state index contributed by atoms with van der Waals surface area (Å²) in [7, 11) is 8.53. The Kier molecular flexibility index (Phi) is 6.02. The third-order valence-electron chi connectivity index (χ3n) is 6.09. The van der Waals surface area contributed by atoms with Crippen LogP contribution in [0.15, 0.2) is 31.0 Å². The van der Waals surface area contributed by atoms with Gasteiger partial charge < -0.3 is 10.2 Å². The van der Waals surface area contributed by atoms with Crippen LogP contribution in [0.5, 0.6) is 0 Å². The summed E-state index contributed by atoms with van der Waals surface area (Å²) < 4.78 is 1.94. The molecule has 4 heterocycles. The number of rotatable bonds is 7. The van der Waals surface area contributed by atoms with Gasteiger partial charge in [-0.1, -0.05) is 6.92 Å². The van der Waals surface area contributed by atoms with Gasteiger partial charge in [0.1, 0.15) is 17.1 Å². The van der Waals surface area contributed by atoms with Crippen molar-refractivity contribution in [1.29, 1.82) is 0 Å². The number of terminal acetylenes is 1. The van der Waals surface area contributed by atoms with Crippen molar-refractivity contribution in [2.75, 3.05) is 18.0 Å². The van der Waals surface area contributed by atoms with Gasteiger partial charge in [-0.15, -0.1) is 21.6 Å². The molecule has 0 aromatic carbocycles. The lowest BCUT2D eigenvalue weighted by Crippen LogP contribution is -2.63. The average Bonchev–Trinajstić information content (AvgIpc) is 3.39. The predicted octanol–water partition coefficient (Wildman–Crippen LogP) is 1.49. The molecular weight excluding hydrogens is 434 g/mol. The monoisotopic (exact) mass is 460 g/mol. The van der Waals surface area contributed by atoms with Crippen molar-refractivity contribution in [3.63, 3.8) is 0 Å². The van der Waals surface area contributed by atoms with E-state index in [1.807, 2.05) is 37.8 Å². The predicted molar refractivity (Wildman–Crippen MR) is 131 cm³/mol. The largest absolute Gasteiger partial charge is 0.350 e. The topological polar surface area (TPSA) is 105 Å². The number of aromatic amines is 1. The zero-order valence-corrected chi connectivity index (χ0v) is 20.1. The molecule has 9 nitrogen and oxygen atoms in total. The molecule has 3 unspecified atom stereocenters. The van der Waals surface area contributed by atoms with Gasteiger partial charge in [-0.05, 0) is 18.9 Å². The van der Waals surface area contributed by atoms with Crippen molar-refractivity contribution < 1.29 is 4.79 Å². The second-order valence-corrected chi connectivity index (χ2v) is 10.1. The van der Waals surface area contributed by atoms with Gasteiger partial charge in [0.25, 0.3) is 5.91 Å². The van der Waals surface area contributed by atoms with Gasteiger partial charge in [-0.25, -0.2) is 9.97 Å². The first-order valence-electron chi connectivity index (χ1n) is 10.6. The molecule has 1 aliphatic heterocycles. The fourth-order valence-corrected chi connectivity index (χ4v) is 3.83. The number of anilines is 1. The summed E-state index contributed by atoms with van der Waals surface area (Å²) in [6.07, 6.45) is 14.9.